The van der Waals surface area contributed by atoms with Crippen LogP contribution in [0.4, 0.5) is 8.78 Å². The molecule has 1 amide bonds. The van der Waals surface area contributed by atoms with Crippen LogP contribution in [0.1, 0.15) is 47.8 Å². The van der Waals surface area contributed by atoms with Gasteiger partial charge in [0.2, 0.25) is 5.43 Å². The van der Waals surface area contributed by atoms with Crippen molar-refractivity contribution >= 4 is 5.91 Å². The number of hydrogen-bond donors (Lipinski definition) is 1. The first kappa shape index (κ1) is 19.1. The molecule has 4 atom stereocenters. The molecule has 0 bridgehead atoms. The molecule has 2 aliphatic heterocycles. The second-order valence-corrected chi connectivity index (χ2v) is 8.59. The number of nitrogens with zero attached hydrogens (tertiary/aromatic N) is 3. The monoisotopic (exact) mass is 415 g/mol. The molecule has 1 N–H and O–H groups in total. The van der Waals surface area contributed by atoms with Gasteiger partial charge < -0.3 is 10.0 Å². The third-order valence-electron chi connectivity index (χ3n) is 6.79. The van der Waals surface area contributed by atoms with E-state index >= 15 is 0 Å². The lowest BCUT2D eigenvalue weighted by atomic mass is 9.80. The van der Waals surface area contributed by atoms with E-state index in [-0.39, 0.29) is 30.2 Å². The molecule has 1 saturated carbocycles. The second kappa shape index (κ2) is 6.55. The van der Waals surface area contributed by atoms with Crippen LogP contribution in [0.3, 0.4) is 0 Å². The van der Waals surface area contributed by atoms with Gasteiger partial charge in [0.1, 0.15) is 6.17 Å². The molecule has 30 heavy (non-hydrogen) atoms. The van der Waals surface area contributed by atoms with E-state index in [0.29, 0.717) is 19.3 Å². The van der Waals surface area contributed by atoms with Crippen LogP contribution in [0.25, 0.3) is 0 Å². The molecule has 1 saturated heterocycles. The first-order valence-corrected chi connectivity index (χ1v) is 10.2. The molecule has 3 heterocycles. The third-order valence-corrected chi connectivity index (χ3v) is 6.79. The summed E-state index contributed by atoms with van der Waals surface area (Å²) in [6, 6.07) is 10.6. The van der Waals surface area contributed by atoms with Crippen LogP contribution in [-0.4, -0.2) is 39.7 Å². The molecule has 6 nitrogen and oxygen atoms in total. The van der Waals surface area contributed by atoms with Gasteiger partial charge in [-0.2, -0.15) is 0 Å². The smallest absolute Gasteiger partial charge is 0.277 e. The Morgan fingerprint density at radius 3 is 2.50 bits per heavy atom. The molecule has 5 rings (SSSR count). The Labute approximate surface area is 172 Å². The first-order chi connectivity index (χ1) is 14.3. The number of amides is 1. The number of hydrogen-bond acceptors (Lipinski definition) is 4. The molecule has 1 aromatic heterocycles. The van der Waals surface area contributed by atoms with Crippen molar-refractivity contribution < 1.29 is 18.7 Å². The molecular weight excluding hydrogens is 392 g/mol. The Morgan fingerprint density at radius 1 is 1.13 bits per heavy atom. The standard InChI is InChI=1S/C22H23F2N3O3/c1-25-17-8-7-14(11-15-12-22(15,23)24)18(13-5-3-2-4-6-13)27(17)26-10-9-16(28)20(29)19(26)21(25)30/h2-6,9-10,14-15,17-18,29H,7-8,11-12H2,1H3. The molecule has 1 aromatic carbocycles. The summed E-state index contributed by atoms with van der Waals surface area (Å²) in [5.41, 5.74) is 0.256. The van der Waals surface area contributed by atoms with Crippen molar-refractivity contribution in [2.24, 2.45) is 11.8 Å². The first-order valence-electron chi connectivity index (χ1n) is 10.2. The lowest BCUT2D eigenvalue weighted by molar-refractivity contribution is 0.0454. The average Bonchev–Trinajstić information content (AvgIpc) is 3.34. The van der Waals surface area contributed by atoms with Gasteiger partial charge in [0.05, 0.1) is 6.04 Å². The van der Waals surface area contributed by atoms with Gasteiger partial charge in [-0.15, -0.1) is 0 Å². The maximum atomic E-state index is 13.7. The van der Waals surface area contributed by atoms with Crippen molar-refractivity contribution in [2.75, 3.05) is 12.1 Å². The SMILES string of the molecule is CN1C(=O)c2c(O)c(=O)ccn2N2C(c3ccccc3)C(CC3CC3(F)F)CCC12. The zero-order chi connectivity index (χ0) is 21.2. The Kier molecular flexibility index (Phi) is 4.17. The van der Waals surface area contributed by atoms with Crippen LogP contribution in [0, 0.1) is 11.8 Å². The minimum atomic E-state index is -2.59. The van der Waals surface area contributed by atoms with Gasteiger partial charge in [-0.05, 0) is 30.7 Å². The van der Waals surface area contributed by atoms with E-state index in [4.69, 9.17) is 0 Å². The topological polar surface area (TPSA) is 65.8 Å². The van der Waals surface area contributed by atoms with Crippen molar-refractivity contribution in [3.8, 4) is 5.75 Å². The van der Waals surface area contributed by atoms with Crippen LogP contribution in [0.5, 0.6) is 5.75 Å². The molecule has 2 aromatic rings. The second-order valence-electron chi connectivity index (χ2n) is 8.59. The number of rotatable bonds is 3. The van der Waals surface area contributed by atoms with E-state index in [0.717, 1.165) is 5.56 Å². The molecule has 2 fully saturated rings. The minimum absolute atomic E-state index is 0.0435. The number of benzene rings is 1. The number of fused-ring (bicyclic) bond motifs is 3. The molecule has 4 unspecified atom stereocenters. The predicted molar refractivity (Wildman–Crippen MR) is 106 cm³/mol. The Balaban J connectivity index is 1.64. The van der Waals surface area contributed by atoms with Crippen molar-refractivity contribution in [3.05, 3.63) is 64.1 Å². The van der Waals surface area contributed by atoms with Crippen LogP contribution in [0.15, 0.2) is 47.4 Å². The average molecular weight is 415 g/mol. The number of aromatic hydroxyl groups is 1. The number of carbonyl (C=O) groups excluding carboxylic acids is 1. The number of carbonyl (C=O) groups is 1. The van der Waals surface area contributed by atoms with E-state index < -0.39 is 28.9 Å². The summed E-state index contributed by atoms with van der Waals surface area (Å²) < 4.78 is 29.0. The summed E-state index contributed by atoms with van der Waals surface area (Å²) in [4.78, 5) is 26.5. The van der Waals surface area contributed by atoms with E-state index in [1.165, 1.54) is 17.2 Å². The van der Waals surface area contributed by atoms with Crippen LogP contribution < -0.4 is 10.4 Å². The van der Waals surface area contributed by atoms with Gasteiger partial charge in [-0.3, -0.25) is 19.3 Å². The van der Waals surface area contributed by atoms with Crippen LogP contribution >= 0.6 is 0 Å². The molecule has 0 spiro atoms. The largest absolute Gasteiger partial charge is 0.502 e. The highest BCUT2D eigenvalue weighted by atomic mass is 19.3. The van der Waals surface area contributed by atoms with Gasteiger partial charge in [-0.1, -0.05) is 30.3 Å². The fourth-order valence-corrected chi connectivity index (χ4v) is 5.13. The van der Waals surface area contributed by atoms with Gasteiger partial charge in [0.15, 0.2) is 11.4 Å². The summed E-state index contributed by atoms with van der Waals surface area (Å²) >= 11 is 0. The van der Waals surface area contributed by atoms with Gasteiger partial charge in [0.25, 0.3) is 11.8 Å². The summed E-state index contributed by atoms with van der Waals surface area (Å²) in [5, 5.41) is 12.3. The molecule has 1 aliphatic carbocycles. The zero-order valence-electron chi connectivity index (χ0n) is 16.5. The highest BCUT2D eigenvalue weighted by Crippen LogP contribution is 2.55. The van der Waals surface area contributed by atoms with E-state index in [1.807, 2.05) is 35.3 Å². The lowest BCUT2D eigenvalue weighted by Gasteiger charge is -2.54. The van der Waals surface area contributed by atoms with Crippen LogP contribution in [-0.2, 0) is 0 Å². The number of piperidine rings is 1. The van der Waals surface area contributed by atoms with Crippen molar-refractivity contribution in [1.82, 2.24) is 9.58 Å². The summed E-state index contributed by atoms with van der Waals surface area (Å²) in [5.74, 6) is -4.26. The summed E-state index contributed by atoms with van der Waals surface area (Å²) in [7, 11) is 1.65. The van der Waals surface area contributed by atoms with E-state index in [2.05, 4.69) is 0 Å². The maximum Gasteiger partial charge on any atom is 0.277 e. The zero-order valence-corrected chi connectivity index (χ0v) is 16.5. The Morgan fingerprint density at radius 2 is 1.83 bits per heavy atom. The molecule has 3 aliphatic rings. The highest BCUT2D eigenvalue weighted by Gasteiger charge is 2.58. The third kappa shape index (κ3) is 2.80. The number of halogens is 2. The van der Waals surface area contributed by atoms with Crippen molar-refractivity contribution in [3.63, 3.8) is 0 Å². The maximum absolute atomic E-state index is 13.7. The molecule has 8 heteroatoms. The summed E-state index contributed by atoms with van der Waals surface area (Å²) in [6.45, 7) is 0. The van der Waals surface area contributed by atoms with Crippen LogP contribution in [0.2, 0.25) is 0 Å². The molecule has 158 valence electrons. The van der Waals surface area contributed by atoms with Gasteiger partial charge in [0, 0.05) is 31.6 Å². The Bertz CT molecular complexity index is 1060. The van der Waals surface area contributed by atoms with Gasteiger partial charge in [-0.25, -0.2) is 8.78 Å². The number of pyridine rings is 1. The fraction of sp³-hybridized carbons (Fsp3) is 0.455. The van der Waals surface area contributed by atoms with E-state index in [9.17, 15) is 23.5 Å². The lowest BCUT2D eigenvalue weighted by Crippen LogP contribution is -2.64. The molecular formula is C22H23F2N3O3. The minimum Gasteiger partial charge on any atom is -0.502 e. The predicted octanol–water partition coefficient (Wildman–Crippen LogP) is 3.10. The van der Waals surface area contributed by atoms with E-state index in [1.54, 1.807) is 11.7 Å². The number of alkyl halides is 2. The summed E-state index contributed by atoms with van der Waals surface area (Å²) in [6.07, 6.45) is 2.87. The normalized spacial score (nSPS) is 29.4. The van der Waals surface area contributed by atoms with Crippen molar-refractivity contribution in [2.45, 2.75) is 43.8 Å². The number of aromatic nitrogens is 1. The Hall–Kier alpha value is -2.90. The quantitative estimate of drug-likeness (QED) is 0.837. The molecule has 0 radical (unpaired) electrons. The fourth-order valence-electron chi connectivity index (χ4n) is 5.13. The highest BCUT2D eigenvalue weighted by molar-refractivity contribution is 5.96. The van der Waals surface area contributed by atoms with Gasteiger partial charge >= 0.3 is 0 Å². The van der Waals surface area contributed by atoms with Crippen molar-refractivity contribution in [1.29, 1.82) is 0 Å².